The Morgan fingerprint density at radius 2 is 2.10 bits per heavy atom. The Balaban J connectivity index is 1.75. The molecule has 1 spiro atoms. The standard InChI is InChI=1S/C17H25NO3/c1-18-16(13-3-5-15(19-2)6-4-13)14-7-9-21-17(11-14)8-10-20-12-17/h3-6,14,16,18H,7-12H2,1-2H3. The largest absolute Gasteiger partial charge is 0.497 e. The fraction of sp³-hybridized carbons (Fsp3) is 0.647. The van der Waals surface area contributed by atoms with Crippen molar-refractivity contribution < 1.29 is 14.2 Å². The molecule has 2 fully saturated rings. The van der Waals surface area contributed by atoms with Gasteiger partial charge in [-0.3, -0.25) is 0 Å². The lowest BCUT2D eigenvalue weighted by Crippen LogP contribution is -2.43. The predicted octanol–water partition coefficient (Wildman–Crippen LogP) is 2.54. The van der Waals surface area contributed by atoms with Crippen LogP contribution in [-0.2, 0) is 9.47 Å². The summed E-state index contributed by atoms with van der Waals surface area (Å²) in [5, 5.41) is 3.49. The van der Waals surface area contributed by atoms with E-state index < -0.39 is 0 Å². The van der Waals surface area contributed by atoms with Crippen molar-refractivity contribution >= 4 is 0 Å². The minimum atomic E-state index is -0.0372. The third-order valence-electron chi connectivity index (χ3n) is 4.86. The topological polar surface area (TPSA) is 39.7 Å². The molecule has 4 nitrogen and oxygen atoms in total. The van der Waals surface area contributed by atoms with Gasteiger partial charge in [-0.1, -0.05) is 12.1 Å². The van der Waals surface area contributed by atoms with Crippen LogP contribution in [0.3, 0.4) is 0 Å². The molecule has 0 aliphatic carbocycles. The Labute approximate surface area is 126 Å². The second-order valence-electron chi connectivity index (χ2n) is 6.13. The maximum atomic E-state index is 6.05. The maximum absolute atomic E-state index is 6.05. The Hall–Kier alpha value is -1.10. The monoisotopic (exact) mass is 291 g/mol. The molecule has 0 aromatic heterocycles. The molecule has 1 aromatic carbocycles. The van der Waals surface area contributed by atoms with Gasteiger partial charge in [-0.15, -0.1) is 0 Å². The van der Waals surface area contributed by atoms with Crippen molar-refractivity contribution in [2.75, 3.05) is 34.0 Å². The molecular weight excluding hydrogens is 266 g/mol. The molecule has 2 heterocycles. The molecule has 0 bridgehead atoms. The summed E-state index contributed by atoms with van der Waals surface area (Å²) in [7, 11) is 3.75. The first kappa shape index (κ1) is 14.8. The Morgan fingerprint density at radius 3 is 2.71 bits per heavy atom. The number of benzene rings is 1. The molecule has 3 unspecified atom stereocenters. The third kappa shape index (κ3) is 3.07. The summed E-state index contributed by atoms with van der Waals surface area (Å²) < 4.78 is 16.9. The van der Waals surface area contributed by atoms with Gasteiger partial charge in [0, 0.05) is 25.7 Å². The van der Waals surface area contributed by atoms with Crippen LogP contribution < -0.4 is 10.1 Å². The van der Waals surface area contributed by atoms with Crippen molar-refractivity contribution in [2.24, 2.45) is 5.92 Å². The molecule has 2 saturated heterocycles. The van der Waals surface area contributed by atoms with E-state index in [2.05, 4.69) is 17.4 Å². The average Bonchev–Trinajstić information content (AvgIpc) is 2.96. The summed E-state index contributed by atoms with van der Waals surface area (Å²) in [4.78, 5) is 0. The minimum absolute atomic E-state index is 0.0372. The molecule has 2 aliphatic rings. The van der Waals surface area contributed by atoms with Crippen LogP contribution in [0.5, 0.6) is 5.75 Å². The lowest BCUT2D eigenvalue weighted by atomic mass is 9.79. The molecule has 0 radical (unpaired) electrons. The van der Waals surface area contributed by atoms with Gasteiger partial charge >= 0.3 is 0 Å². The normalized spacial score (nSPS) is 30.5. The van der Waals surface area contributed by atoms with E-state index in [0.717, 1.165) is 44.8 Å². The van der Waals surface area contributed by atoms with E-state index in [1.165, 1.54) is 5.56 Å². The highest BCUT2D eigenvalue weighted by molar-refractivity contribution is 5.29. The average molecular weight is 291 g/mol. The van der Waals surface area contributed by atoms with E-state index >= 15 is 0 Å². The van der Waals surface area contributed by atoms with Crippen molar-refractivity contribution in [3.63, 3.8) is 0 Å². The second kappa shape index (κ2) is 6.34. The number of ether oxygens (including phenoxy) is 3. The van der Waals surface area contributed by atoms with Crippen molar-refractivity contribution in [3.05, 3.63) is 29.8 Å². The molecule has 3 rings (SSSR count). The molecule has 3 atom stereocenters. The van der Waals surface area contributed by atoms with E-state index in [-0.39, 0.29) is 5.60 Å². The van der Waals surface area contributed by atoms with Crippen LogP contribution in [0.15, 0.2) is 24.3 Å². The van der Waals surface area contributed by atoms with Crippen molar-refractivity contribution in [2.45, 2.75) is 30.9 Å². The zero-order chi connectivity index (χ0) is 14.7. The number of methoxy groups -OCH3 is 1. The smallest absolute Gasteiger partial charge is 0.118 e. The van der Waals surface area contributed by atoms with E-state index in [4.69, 9.17) is 14.2 Å². The Bertz CT molecular complexity index is 454. The summed E-state index contributed by atoms with van der Waals surface area (Å²) in [5.41, 5.74) is 1.28. The molecule has 0 amide bonds. The second-order valence-corrected chi connectivity index (χ2v) is 6.13. The summed E-state index contributed by atoms with van der Waals surface area (Å²) in [6.45, 7) is 2.42. The molecule has 1 aromatic rings. The highest BCUT2D eigenvalue weighted by Crippen LogP contribution is 2.41. The Morgan fingerprint density at radius 1 is 1.29 bits per heavy atom. The first-order valence-corrected chi connectivity index (χ1v) is 7.79. The van der Waals surface area contributed by atoms with Gasteiger partial charge < -0.3 is 19.5 Å². The fourth-order valence-electron chi connectivity index (χ4n) is 3.70. The molecular formula is C17H25NO3. The fourth-order valence-corrected chi connectivity index (χ4v) is 3.70. The quantitative estimate of drug-likeness (QED) is 0.925. The molecule has 1 N–H and O–H groups in total. The van der Waals surface area contributed by atoms with E-state index in [0.29, 0.717) is 12.0 Å². The van der Waals surface area contributed by atoms with Crippen LogP contribution in [0.4, 0.5) is 0 Å². The molecule has 2 aliphatic heterocycles. The molecule has 4 heteroatoms. The van der Waals surface area contributed by atoms with Gasteiger partial charge in [-0.05, 0) is 43.5 Å². The van der Waals surface area contributed by atoms with Crippen LogP contribution in [0.1, 0.15) is 30.9 Å². The van der Waals surface area contributed by atoms with Gasteiger partial charge in [-0.25, -0.2) is 0 Å². The zero-order valence-electron chi connectivity index (χ0n) is 12.9. The minimum Gasteiger partial charge on any atom is -0.497 e. The third-order valence-corrected chi connectivity index (χ3v) is 4.86. The van der Waals surface area contributed by atoms with Crippen molar-refractivity contribution in [1.29, 1.82) is 0 Å². The van der Waals surface area contributed by atoms with Gasteiger partial charge in [0.15, 0.2) is 0 Å². The Kier molecular flexibility index (Phi) is 4.48. The van der Waals surface area contributed by atoms with Crippen LogP contribution in [-0.4, -0.2) is 39.6 Å². The first-order chi connectivity index (χ1) is 10.3. The highest BCUT2D eigenvalue weighted by atomic mass is 16.6. The first-order valence-electron chi connectivity index (χ1n) is 7.79. The highest BCUT2D eigenvalue weighted by Gasteiger charge is 2.42. The van der Waals surface area contributed by atoms with Crippen molar-refractivity contribution in [1.82, 2.24) is 5.32 Å². The predicted molar refractivity (Wildman–Crippen MR) is 81.6 cm³/mol. The van der Waals surface area contributed by atoms with E-state index in [1.807, 2.05) is 19.2 Å². The van der Waals surface area contributed by atoms with Crippen LogP contribution >= 0.6 is 0 Å². The van der Waals surface area contributed by atoms with Crippen LogP contribution in [0.25, 0.3) is 0 Å². The summed E-state index contributed by atoms with van der Waals surface area (Å²) in [6, 6.07) is 8.75. The number of rotatable bonds is 4. The number of hydrogen-bond acceptors (Lipinski definition) is 4. The lowest BCUT2D eigenvalue weighted by Gasteiger charge is -2.40. The SMILES string of the molecule is CNC(c1ccc(OC)cc1)C1CCOC2(CCOC2)C1. The van der Waals surface area contributed by atoms with Crippen molar-refractivity contribution in [3.8, 4) is 5.75 Å². The van der Waals surface area contributed by atoms with Gasteiger partial charge in [0.2, 0.25) is 0 Å². The maximum Gasteiger partial charge on any atom is 0.118 e. The molecule has 0 saturated carbocycles. The number of hydrogen-bond donors (Lipinski definition) is 1. The summed E-state index contributed by atoms with van der Waals surface area (Å²) in [5.74, 6) is 1.49. The zero-order valence-corrected chi connectivity index (χ0v) is 12.9. The summed E-state index contributed by atoms with van der Waals surface area (Å²) in [6.07, 6.45) is 3.20. The van der Waals surface area contributed by atoms with Crippen LogP contribution in [0.2, 0.25) is 0 Å². The van der Waals surface area contributed by atoms with Gasteiger partial charge in [0.1, 0.15) is 5.75 Å². The van der Waals surface area contributed by atoms with Gasteiger partial charge in [0.25, 0.3) is 0 Å². The van der Waals surface area contributed by atoms with E-state index in [9.17, 15) is 0 Å². The van der Waals surface area contributed by atoms with Crippen LogP contribution in [0, 0.1) is 5.92 Å². The van der Waals surface area contributed by atoms with Gasteiger partial charge in [-0.2, -0.15) is 0 Å². The van der Waals surface area contributed by atoms with E-state index in [1.54, 1.807) is 7.11 Å². The lowest BCUT2D eigenvalue weighted by molar-refractivity contribution is -0.103. The summed E-state index contributed by atoms with van der Waals surface area (Å²) >= 11 is 0. The molecule has 116 valence electrons. The molecule has 21 heavy (non-hydrogen) atoms. The van der Waals surface area contributed by atoms with Gasteiger partial charge in [0.05, 0.1) is 19.3 Å². The number of nitrogens with one attached hydrogen (secondary N) is 1.